The number of hydrogen-bond acceptors (Lipinski definition) is 3. The maximum Gasteiger partial charge on any atom is 0.224 e. The largest absolute Gasteiger partial charge is 0.491 e. The van der Waals surface area contributed by atoms with Gasteiger partial charge in [-0.2, -0.15) is 0 Å². The van der Waals surface area contributed by atoms with Crippen molar-refractivity contribution in [3.8, 4) is 5.75 Å². The first-order chi connectivity index (χ1) is 11.0. The number of ether oxygens (including phenoxy) is 1. The minimum Gasteiger partial charge on any atom is -0.491 e. The molecule has 1 amide bonds. The van der Waals surface area contributed by atoms with E-state index in [2.05, 4.69) is 5.32 Å². The van der Waals surface area contributed by atoms with E-state index in [4.69, 9.17) is 4.74 Å². The van der Waals surface area contributed by atoms with Crippen molar-refractivity contribution < 1.29 is 23.4 Å². The van der Waals surface area contributed by atoms with E-state index in [-0.39, 0.29) is 25.1 Å². The standard InChI is InChI=1S/C17H17F2NO3/c18-13-5-3-6-15(9-13)23-11-14(21)10-20-17(22)8-12-4-1-2-7-16(12)19/h1-7,9,14,21H,8,10-11H2,(H,20,22)/t14-/m0/s1. The van der Waals surface area contributed by atoms with Gasteiger partial charge in [0.25, 0.3) is 0 Å². The third-order valence-corrected chi connectivity index (χ3v) is 3.08. The van der Waals surface area contributed by atoms with Crippen molar-refractivity contribution in [2.75, 3.05) is 13.2 Å². The van der Waals surface area contributed by atoms with Gasteiger partial charge in [0.1, 0.15) is 30.1 Å². The van der Waals surface area contributed by atoms with Crippen LogP contribution in [0.15, 0.2) is 48.5 Å². The molecular weight excluding hydrogens is 304 g/mol. The van der Waals surface area contributed by atoms with Crippen LogP contribution in [-0.2, 0) is 11.2 Å². The van der Waals surface area contributed by atoms with E-state index in [1.54, 1.807) is 18.2 Å². The summed E-state index contributed by atoms with van der Waals surface area (Å²) in [5, 5.41) is 12.2. The van der Waals surface area contributed by atoms with Crippen molar-refractivity contribution in [2.45, 2.75) is 12.5 Å². The SMILES string of the molecule is O=C(Cc1ccccc1F)NC[C@H](O)COc1cccc(F)c1. The number of hydrogen-bond donors (Lipinski definition) is 2. The first-order valence-corrected chi connectivity index (χ1v) is 7.11. The Morgan fingerprint density at radius 3 is 2.70 bits per heavy atom. The molecule has 0 saturated heterocycles. The van der Waals surface area contributed by atoms with Crippen LogP contribution in [0.25, 0.3) is 0 Å². The van der Waals surface area contributed by atoms with Gasteiger partial charge in [0, 0.05) is 12.6 Å². The number of aliphatic hydroxyl groups excluding tert-OH is 1. The fourth-order valence-electron chi connectivity index (χ4n) is 1.92. The summed E-state index contributed by atoms with van der Waals surface area (Å²) >= 11 is 0. The fourth-order valence-corrected chi connectivity index (χ4v) is 1.92. The summed E-state index contributed by atoms with van der Waals surface area (Å²) in [5.41, 5.74) is 0.288. The molecule has 2 rings (SSSR count). The van der Waals surface area contributed by atoms with E-state index in [0.29, 0.717) is 5.75 Å². The van der Waals surface area contributed by atoms with Gasteiger partial charge >= 0.3 is 0 Å². The van der Waals surface area contributed by atoms with Crippen LogP contribution < -0.4 is 10.1 Å². The Bertz CT molecular complexity index is 664. The molecule has 0 aliphatic rings. The lowest BCUT2D eigenvalue weighted by atomic mass is 10.1. The molecule has 0 saturated carbocycles. The number of carbonyl (C=O) groups excluding carboxylic acids is 1. The summed E-state index contributed by atoms with van der Waals surface area (Å²) in [6, 6.07) is 11.5. The molecular formula is C17H17F2NO3. The predicted octanol–water partition coefficient (Wildman–Crippen LogP) is 2.06. The van der Waals surface area contributed by atoms with Gasteiger partial charge in [-0.3, -0.25) is 4.79 Å². The predicted molar refractivity (Wildman–Crippen MR) is 81.0 cm³/mol. The fraction of sp³-hybridized carbons (Fsp3) is 0.235. The number of halogens is 2. The molecule has 2 aromatic rings. The van der Waals surface area contributed by atoms with Crippen LogP contribution >= 0.6 is 0 Å². The summed E-state index contributed by atoms with van der Waals surface area (Å²) < 4.78 is 31.6. The van der Waals surface area contributed by atoms with Crippen LogP contribution in [-0.4, -0.2) is 30.3 Å². The molecule has 6 heteroatoms. The van der Waals surface area contributed by atoms with Gasteiger partial charge < -0.3 is 15.2 Å². The number of carbonyl (C=O) groups is 1. The first-order valence-electron chi connectivity index (χ1n) is 7.11. The van der Waals surface area contributed by atoms with Crippen molar-refractivity contribution in [3.63, 3.8) is 0 Å². The lowest BCUT2D eigenvalue weighted by Crippen LogP contribution is -2.36. The average Bonchev–Trinajstić information content (AvgIpc) is 2.53. The van der Waals surface area contributed by atoms with Gasteiger partial charge in [0.2, 0.25) is 5.91 Å². The highest BCUT2D eigenvalue weighted by atomic mass is 19.1. The molecule has 122 valence electrons. The van der Waals surface area contributed by atoms with Crippen LogP contribution in [0.5, 0.6) is 5.75 Å². The van der Waals surface area contributed by atoms with Crippen molar-refractivity contribution in [3.05, 3.63) is 65.7 Å². The number of amides is 1. The quantitative estimate of drug-likeness (QED) is 0.821. The van der Waals surface area contributed by atoms with Gasteiger partial charge in [0.15, 0.2) is 0 Å². The van der Waals surface area contributed by atoms with Crippen molar-refractivity contribution >= 4 is 5.91 Å². The van der Waals surface area contributed by atoms with Crippen molar-refractivity contribution in [1.82, 2.24) is 5.32 Å². The molecule has 0 unspecified atom stereocenters. The molecule has 23 heavy (non-hydrogen) atoms. The molecule has 0 aliphatic carbocycles. The zero-order valence-corrected chi connectivity index (χ0v) is 12.3. The Morgan fingerprint density at radius 2 is 1.96 bits per heavy atom. The third kappa shape index (κ3) is 5.67. The monoisotopic (exact) mass is 321 g/mol. The van der Waals surface area contributed by atoms with Gasteiger partial charge in [0.05, 0.1) is 6.42 Å². The Kier molecular flexibility index (Phi) is 6.05. The molecule has 1 atom stereocenters. The van der Waals surface area contributed by atoms with E-state index in [9.17, 15) is 18.7 Å². The topological polar surface area (TPSA) is 58.6 Å². The highest BCUT2D eigenvalue weighted by molar-refractivity contribution is 5.78. The Morgan fingerprint density at radius 1 is 1.17 bits per heavy atom. The minimum atomic E-state index is -0.956. The normalized spacial score (nSPS) is 11.8. The van der Waals surface area contributed by atoms with Crippen LogP contribution in [0.1, 0.15) is 5.56 Å². The molecule has 2 aromatic carbocycles. The molecule has 0 heterocycles. The summed E-state index contributed by atoms with van der Waals surface area (Å²) in [5.74, 6) is -0.991. The minimum absolute atomic E-state index is 0.0391. The molecule has 0 aliphatic heterocycles. The second-order valence-electron chi connectivity index (χ2n) is 4.99. The van der Waals surface area contributed by atoms with Gasteiger partial charge in [-0.1, -0.05) is 24.3 Å². The number of rotatable bonds is 7. The zero-order chi connectivity index (χ0) is 16.7. The highest BCUT2D eigenvalue weighted by Gasteiger charge is 2.11. The van der Waals surface area contributed by atoms with E-state index in [1.807, 2.05) is 0 Å². The molecule has 2 N–H and O–H groups in total. The van der Waals surface area contributed by atoms with Crippen LogP contribution in [0.3, 0.4) is 0 Å². The van der Waals surface area contributed by atoms with Gasteiger partial charge in [-0.15, -0.1) is 0 Å². The molecule has 0 bridgehead atoms. The lowest BCUT2D eigenvalue weighted by Gasteiger charge is -2.13. The molecule has 0 spiro atoms. The van der Waals surface area contributed by atoms with Crippen LogP contribution in [0.2, 0.25) is 0 Å². The summed E-state index contributed by atoms with van der Waals surface area (Å²) in [4.78, 5) is 11.7. The molecule has 0 fully saturated rings. The van der Waals surface area contributed by atoms with E-state index >= 15 is 0 Å². The van der Waals surface area contributed by atoms with Crippen molar-refractivity contribution in [2.24, 2.45) is 0 Å². The molecule has 0 radical (unpaired) electrons. The number of nitrogens with one attached hydrogen (secondary N) is 1. The van der Waals surface area contributed by atoms with Crippen molar-refractivity contribution in [1.29, 1.82) is 0 Å². The Balaban J connectivity index is 1.72. The molecule has 4 nitrogen and oxygen atoms in total. The second-order valence-corrected chi connectivity index (χ2v) is 4.99. The third-order valence-electron chi connectivity index (χ3n) is 3.08. The molecule has 0 aromatic heterocycles. The van der Waals surface area contributed by atoms with Gasteiger partial charge in [-0.05, 0) is 23.8 Å². The maximum atomic E-state index is 13.4. The first kappa shape index (κ1) is 16.9. The van der Waals surface area contributed by atoms with Gasteiger partial charge in [-0.25, -0.2) is 8.78 Å². The number of benzene rings is 2. The Labute approximate surface area is 132 Å². The Hall–Kier alpha value is -2.47. The smallest absolute Gasteiger partial charge is 0.224 e. The maximum absolute atomic E-state index is 13.4. The highest BCUT2D eigenvalue weighted by Crippen LogP contribution is 2.12. The summed E-state index contributed by atoms with van der Waals surface area (Å²) in [6.45, 7) is -0.133. The summed E-state index contributed by atoms with van der Waals surface area (Å²) in [7, 11) is 0. The second kappa shape index (κ2) is 8.24. The van der Waals surface area contributed by atoms with E-state index in [1.165, 1.54) is 30.3 Å². The van der Waals surface area contributed by atoms with E-state index in [0.717, 1.165) is 0 Å². The summed E-state index contributed by atoms with van der Waals surface area (Å²) in [6.07, 6.45) is -1.06. The average molecular weight is 321 g/mol. The number of aliphatic hydroxyl groups is 1. The van der Waals surface area contributed by atoms with Crippen LogP contribution in [0, 0.1) is 11.6 Å². The lowest BCUT2D eigenvalue weighted by molar-refractivity contribution is -0.121. The van der Waals surface area contributed by atoms with Crippen LogP contribution in [0.4, 0.5) is 8.78 Å². The van der Waals surface area contributed by atoms with E-state index < -0.39 is 23.6 Å². The zero-order valence-electron chi connectivity index (χ0n) is 12.3.